The second-order valence-corrected chi connectivity index (χ2v) is 10.7. The van der Waals surface area contributed by atoms with E-state index in [4.69, 9.17) is 4.74 Å². The number of carbonyl (C=O) groups excluding carboxylic acids is 2. The molecule has 34 heavy (non-hydrogen) atoms. The zero-order valence-electron chi connectivity index (χ0n) is 20.4. The number of pyridine rings is 1. The van der Waals surface area contributed by atoms with Crippen molar-refractivity contribution in [3.05, 3.63) is 35.6 Å². The van der Waals surface area contributed by atoms with E-state index in [0.29, 0.717) is 13.0 Å². The first kappa shape index (κ1) is 24.5. The van der Waals surface area contributed by atoms with Crippen molar-refractivity contribution < 1.29 is 14.3 Å². The number of rotatable bonds is 11. The van der Waals surface area contributed by atoms with E-state index in [-0.39, 0.29) is 35.8 Å². The van der Waals surface area contributed by atoms with Gasteiger partial charge in [-0.25, -0.2) is 4.98 Å². The Morgan fingerprint density at radius 1 is 1.38 bits per heavy atom. The molecule has 0 aromatic carbocycles. The molecule has 4 rings (SSSR count). The number of amides is 2. The number of aromatic nitrogens is 3. The van der Waals surface area contributed by atoms with E-state index in [1.807, 2.05) is 18.3 Å². The van der Waals surface area contributed by atoms with Crippen LogP contribution in [0, 0.1) is 17.3 Å². The van der Waals surface area contributed by atoms with E-state index in [2.05, 4.69) is 47.5 Å². The highest BCUT2D eigenvalue weighted by Crippen LogP contribution is 2.58. The molecule has 182 valence electrons. The summed E-state index contributed by atoms with van der Waals surface area (Å²) in [6, 6.07) is 3.93. The largest absolute Gasteiger partial charge is 0.378 e. The van der Waals surface area contributed by atoms with E-state index >= 15 is 0 Å². The molecule has 3 unspecified atom stereocenters. The Hall–Kier alpha value is -2.62. The molecule has 1 saturated carbocycles. The highest BCUT2D eigenvalue weighted by atomic mass is 32.1. The van der Waals surface area contributed by atoms with Gasteiger partial charge in [-0.15, -0.1) is 11.3 Å². The SMILES string of the molecule is CCNCC(Cn1ccnc1-c1ccnc2cc(CN(C=O)C(=O)C3C(C)C3(C)C)sc12)OC. The number of likely N-dealkylation sites (N-methyl/N-ethyl adjacent to an activating group) is 1. The fourth-order valence-electron chi connectivity index (χ4n) is 4.63. The summed E-state index contributed by atoms with van der Waals surface area (Å²) in [6.07, 6.45) is 6.20. The molecule has 1 N–H and O–H groups in total. The van der Waals surface area contributed by atoms with Gasteiger partial charge in [0, 0.05) is 48.6 Å². The first-order valence-electron chi connectivity index (χ1n) is 11.7. The number of nitrogens with zero attached hydrogens (tertiary/aromatic N) is 4. The predicted molar refractivity (Wildman–Crippen MR) is 133 cm³/mol. The number of hydrogen-bond donors (Lipinski definition) is 1. The van der Waals surface area contributed by atoms with E-state index < -0.39 is 0 Å². The van der Waals surface area contributed by atoms with Gasteiger partial charge in [0.1, 0.15) is 5.82 Å². The smallest absolute Gasteiger partial charge is 0.233 e. The van der Waals surface area contributed by atoms with Crippen LogP contribution in [-0.4, -0.2) is 58.1 Å². The first-order chi connectivity index (χ1) is 16.3. The Kier molecular flexibility index (Phi) is 7.16. The fraction of sp³-hybridized carbons (Fsp3) is 0.520. The van der Waals surface area contributed by atoms with Gasteiger partial charge in [-0.1, -0.05) is 27.7 Å². The lowest BCUT2D eigenvalue weighted by Crippen LogP contribution is -2.31. The molecule has 0 spiro atoms. The molecule has 0 bridgehead atoms. The lowest BCUT2D eigenvalue weighted by atomic mass is 10.1. The molecule has 1 fully saturated rings. The van der Waals surface area contributed by atoms with Crippen LogP contribution in [0.3, 0.4) is 0 Å². The Bertz CT molecular complexity index is 1170. The molecule has 2 amide bonds. The maximum atomic E-state index is 12.9. The number of methoxy groups -OCH3 is 1. The zero-order valence-corrected chi connectivity index (χ0v) is 21.3. The van der Waals surface area contributed by atoms with Gasteiger partial charge in [-0.2, -0.15) is 0 Å². The quantitative estimate of drug-likeness (QED) is 0.420. The predicted octanol–water partition coefficient (Wildman–Crippen LogP) is 3.56. The summed E-state index contributed by atoms with van der Waals surface area (Å²) < 4.78 is 8.73. The Labute approximate surface area is 204 Å². The minimum absolute atomic E-state index is 0.0188. The molecule has 0 saturated heterocycles. The van der Waals surface area contributed by atoms with E-state index in [1.165, 1.54) is 4.90 Å². The zero-order chi connectivity index (χ0) is 24.5. The molecule has 0 radical (unpaired) electrons. The highest BCUT2D eigenvalue weighted by Gasteiger charge is 2.59. The Balaban J connectivity index is 1.58. The van der Waals surface area contributed by atoms with Crippen LogP contribution in [0.5, 0.6) is 0 Å². The molecule has 8 nitrogen and oxygen atoms in total. The van der Waals surface area contributed by atoms with Crippen LogP contribution in [0.4, 0.5) is 0 Å². The molecule has 3 aromatic rings. The Morgan fingerprint density at radius 3 is 2.79 bits per heavy atom. The van der Waals surface area contributed by atoms with E-state index in [9.17, 15) is 9.59 Å². The van der Waals surface area contributed by atoms with Crippen LogP contribution in [0.25, 0.3) is 21.6 Å². The molecule has 0 aliphatic heterocycles. The molecular formula is C25H33N5O3S. The minimum atomic E-state index is -0.107. The van der Waals surface area contributed by atoms with Gasteiger partial charge >= 0.3 is 0 Å². The summed E-state index contributed by atoms with van der Waals surface area (Å²) in [5, 5.41) is 3.33. The standard InChI is InChI=1S/C25H33N5O3S/c1-6-26-12-17(33-5)13-29-10-9-28-23(29)19-7-8-27-20-11-18(34-22(19)20)14-30(15-31)24(32)21-16(2)25(21,3)4/h7-11,15-17,21,26H,6,12-14H2,1-5H3. The monoisotopic (exact) mass is 483 g/mol. The summed E-state index contributed by atoms with van der Waals surface area (Å²) in [6.45, 7) is 10.9. The van der Waals surface area contributed by atoms with Crippen molar-refractivity contribution in [1.82, 2.24) is 24.8 Å². The normalized spacial score (nSPS) is 19.8. The molecule has 1 aliphatic carbocycles. The lowest BCUT2D eigenvalue weighted by molar-refractivity contribution is -0.140. The average Bonchev–Trinajstić information content (AvgIpc) is 3.22. The molecular weight excluding hydrogens is 450 g/mol. The number of thiophene rings is 1. The summed E-state index contributed by atoms with van der Waals surface area (Å²) in [4.78, 5) is 36.1. The molecule has 9 heteroatoms. The Morgan fingerprint density at radius 2 is 2.15 bits per heavy atom. The molecule has 1 aliphatic rings. The van der Waals surface area contributed by atoms with Crippen molar-refractivity contribution in [3.8, 4) is 11.4 Å². The van der Waals surface area contributed by atoms with Crippen LogP contribution in [0.15, 0.2) is 30.7 Å². The van der Waals surface area contributed by atoms with Crippen molar-refractivity contribution in [2.45, 2.75) is 46.9 Å². The van der Waals surface area contributed by atoms with E-state index in [0.717, 1.165) is 39.6 Å². The van der Waals surface area contributed by atoms with Crippen molar-refractivity contribution in [3.63, 3.8) is 0 Å². The number of imide groups is 1. The van der Waals surface area contributed by atoms with E-state index in [1.54, 1.807) is 30.8 Å². The van der Waals surface area contributed by atoms with Gasteiger partial charge in [0.25, 0.3) is 0 Å². The lowest BCUT2D eigenvalue weighted by Gasteiger charge is -2.18. The number of hydrogen-bond acceptors (Lipinski definition) is 7. The van der Waals surface area contributed by atoms with Crippen LogP contribution < -0.4 is 5.32 Å². The summed E-state index contributed by atoms with van der Waals surface area (Å²) in [5.74, 6) is 0.917. The maximum absolute atomic E-state index is 12.9. The van der Waals surface area contributed by atoms with Crippen molar-refractivity contribution >= 4 is 33.9 Å². The number of ether oxygens (including phenoxy) is 1. The molecule has 3 atom stereocenters. The summed E-state index contributed by atoms with van der Waals surface area (Å²) in [5.41, 5.74) is 1.75. The first-order valence-corrected chi connectivity index (χ1v) is 12.5. The van der Waals surface area contributed by atoms with Crippen molar-refractivity contribution in [2.75, 3.05) is 20.2 Å². The number of nitrogens with one attached hydrogen (secondary N) is 1. The van der Waals surface area contributed by atoms with Gasteiger partial charge < -0.3 is 14.6 Å². The topological polar surface area (TPSA) is 89.4 Å². The van der Waals surface area contributed by atoms with Gasteiger partial charge in [0.05, 0.1) is 29.4 Å². The minimum Gasteiger partial charge on any atom is -0.378 e. The number of carbonyl (C=O) groups is 2. The third-order valence-corrected chi connectivity index (χ3v) is 8.29. The van der Waals surface area contributed by atoms with Crippen LogP contribution in [0.2, 0.25) is 0 Å². The molecule has 3 aromatic heterocycles. The second kappa shape index (κ2) is 9.93. The second-order valence-electron chi connectivity index (χ2n) is 9.51. The fourth-order valence-corrected chi connectivity index (χ4v) is 5.75. The number of fused-ring (bicyclic) bond motifs is 1. The van der Waals surface area contributed by atoms with Crippen LogP contribution >= 0.6 is 11.3 Å². The number of imidazole rings is 1. The third kappa shape index (κ3) is 4.64. The maximum Gasteiger partial charge on any atom is 0.233 e. The molecule has 3 heterocycles. The van der Waals surface area contributed by atoms with Crippen LogP contribution in [-0.2, 0) is 27.4 Å². The highest BCUT2D eigenvalue weighted by molar-refractivity contribution is 7.19. The third-order valence-electron chi connectivity index (χ3n) is 7.14. The summed E-state index contributed by atoms with van der Waals surface area (Å²) >= 11 is 1.55. The van der Waals surface area contributed by atoms with Gasteiger partial charge in [0.2, 0.25) is 12.3 Å². The van der Waals surface area contributed by atoms with Crippen molar-refractivity contribution in [1.29, 1.82) is 0 Å². The van der Waals surface area contributed by atoms with Crippen LogP contribution in [0.1, 0.15) is 32.6 Å². The van der Waals surface area contributed by atoms with Crippen molar-refractivity contribution in [2.24, 2.45) is 17.3 Å². The average molecular weight is 484 g/mol. The van der Waals surface area contributed by atoms with Gasteiger partial charge in [-0.05, 0) is 30.0 Å². The summed E-state index contributed by atoms with van der Waals surface area (Å²) in [7, 11) is 1.72. The van der Waals surface area contributed by atoms with Gasteiger partial charge in [0.15, 0.2) is 0 Å². The van der Waals surface area contributed by atoms with Gasteiger partial charge in [-0.3, -0.25) is 19.5 Å².